The van der Waals surface area contributed by atoms with Crippen LogP contribution in [0.15, 0.2) is 0 Å². The summed E-state index contributed by atoms with van der Waals surface area (Å²) in [6, 6.07) is -0.745. The number of rotatable bonds is 8. The molecule has 1 N–H and O–H groups in total. The lowest BCUT2D eigenvalue weighted by molar-refractivity contribution is -0.0470. The van der Waals surface area contributed by atoms with Gasteiger partial charge in [0.25, 0.3) is 0 Å². The van der Waals surface area contributed by atoms with Gasteiger partial charge in [0.05, 0.1) is 14.2 Å². The molecule has 0 spiro atoms. The Morgan fingerprint density at radius 3 is 2.10 bits per heavy atom. The van der Waals surface area contributed by atoms with Crippen LogP contribution in [0.4, 0.5) is 0 Å². The molecule has 0 rings (SSSR count). The third-order valence-electron chi connectivity index (χ3n) is 0.932. The second-order valence-electron chi connectivity index (χ2n) is 1.82. The molecule has 0 bridgehead atoms. The summed E-state index contributed by atoms with van der Waals surface area (Å²) in [5.41, 5.74) is 0. The standard InChI is InChI=1S/C4H10O4P.CH5O2PS.CH4O2P.CH4S/c1-6-4(7-2)9(5)8-3;1-5-3-4-2;1-3-4-2;1-2/h4H,1-3H3;2,4H,1H3;4H,1H3;2H,1H3/q+1;;+1;/i;1T,2T;;. The molecule has 0 heterocycles. The summed E-state index contributed by atoms with van der Waals surface area (Å²) in [5.74, 6) is 0. The van der Waals surface area contributed by atoms with Gasteiger partial charge in [-0.15, -0.1) is 4.52 Å². The van der Waals surface area contributed by atoms with Crippen molar-refractivity contribution in [2.45, 2.75) is 6.03 Å². The molecule has 0 aliphatic carbocycles. The van der Waals surface area contributed by atoms with Crippen molar-refractivity contribution in [2.75, 3.05) is 40.9 Å². The highest BCUT2D eigenvalue weighted by molar-refractivity contribution is 7.96. The first kappa shape index (κ1) is 23.4. The predicted molar refractivity (Wildman–Crippen MR) is 88.5 cm³/mol. The van der Waals surface area contributed by atoms with Gasteiger partial charge in [0.2, 0.25) is 1.43 Å². The van der Waals surface area contributed by atoms with E-state index in [0.717, 1.165) is 12.0 Å². The fourth-order valence-electron chi connectivity index (χ4n) is 0.378. The topological polar surface area (TPSA) is 101 Å². The summed E-state index contributed by atoms with van der Waals surface area (Å²) < 4.78 is 54.5. The van der Waals surface area contributed by atoms with E-state index < -0.39 is 22.7 Å². The third kappa shape index (κ3) is 31.5. The number of hydrogen-bond donors (Lipinski definition) is 2. The molecule has 0 saturated heterocycles. The minimum absolute atomic E-state index is 0.149. The monoisotopic (exact) mass is 396 g/mol. The van der Waals surface area contributed by atoms with Crippen LogP contribution >= 0.6 is 50.4 Å². The van der Waals surface area contributed by atoms with Crippen molar-refractivity contribution in [3.05, 3.63) is 0 Å². The van der Waals surface area contributed by atoms with Crippen molar-refractivity contribution in [3.8, 4) is 0 Å². The zero-order valence-corrected chi connectivity index (χ0v) is 16.5. The first-order valence-corrected chi connectivity index (χ1v) is 9.13. The normalized spacial score (nSPS) is 11.4. The van der Waals surface area contributed by atoms with Crippen molar-refractivity contribution in [2.24, 2.45) is 0 Å². The fourth-order valence-corrected chi connectivity index (χ4v) is 1.09. The maximum absolute atomic E-state index is 10.6. The molecule has 0 radical (unpaired) electrons. The fraction of sp³-hybridized carbons (Fsp3) is 1.00. The maximum atomic E-state index is 10.6. The largest absolute Gasteiger partial charge is 0.572 e. The van der Waals surface area contributed by atoms with Gasteiger partial charge in [-0.05, 0) is 27.4 Å². The van der Waals surface area contributed by atoms with E-state index in [9.17, 15) is 4.57 Å². The minimum atomic E-state index is -1.84. The van der Waals surface area contributed by atoms with Gasteiger partial charge in [-0.2, -0.15) is 17.2 Å². The van der Waals surface area contributed by atoms with Gasteiger partial charge < -0.3 is 14.4 Å². The van der Waals surface area contributed by atoms with E-state index in [-0.39, 0.29) is 15.3 Å². The van der Waals surface area contributed by atoms with E-state index >= 15 is 0 Å². The summed E-state index contributed by atoms with van der Waals surface area (Å²) in [4.78, 5) is 3.80. The molecular formula is C7H23O8P3S2+2. The lowest BCUT2D eigenvalue weighted by Gasteiger charge is -1.97. The Kier molecular flexibility index (Phi) is 37.5. The molecule has 8 nitrogen and oxygen atoms in total. The average Bonchev–Trinajstić information content (AvgIpc) is 2.59. The van der Waals surface area contributed by atoms with Gasteiger partial charge in [0.1, 0.15) is 0 Å². The van der Waals surface area contributed by atoms with E-state index in [1.165, 1.54) is 28.4 Å². The molecule has 0 aromatic rings. The Labute approximate surface area is 137 Å². The van der Waals surface area contributed by atoms with Crippen LogP contribution in [0.25, 0.3) is 0 Å². The molecule has 0 aromatic carbocycles. The summed E-state index contributed by atoms with van der Waals surface area (Å²) in [6.45, 7) is 0. The second kappa shape index (κ2) is 32.2. The molecule has 0 aromatic heterocycles. The molecule has 0 fully saturated rings. The quantitative estimate of drug-likeness (QED) is 0.211. The Balaban J connectivity index is -0.000000111. The lowest BCUT2D eigenvalue weighted by atomic mass is 11.3. The number of methoxy groups -OCH3 is 2. The Hall–Kier alpha value is 1.09. The number of ether oxygens (including phenoxy) is 2. The van der Waals surface area contributed by atoms with Gasteiger partial charge >= 0.3 is 22.7 Å². The summed E-state index contributed by atoms with van der Waals surface area (Å²) in [6.07, 6.45) is 1.84. The average molecular weight is 396 g/mol. The third-order valence-corrected chi connectivity index (χ3v) is 2.97. The van der Waals surface area contributed by atoms with Crippen molar-refractivity contribution >= 4 is 50.4 Å². The number of hydrogen-bond acceptors (Lipinski definition) is 10. The molecule has 0 aliphatic rings. The van der Waals surface area contributed by atoms with Crippen LogP contribution in [0.5, 0.6) is 0 Å². The van der Waals surface area contributed by atoms with Crippen molar-refractivity contribution in [1.82, 2.24) is 0 Å². The smallest absolute Gasteiger partial charge is 0.351 e. The van der Waals surface area contributed by atoms with Gasteiger partial charge in [-0.3, -0.25) is 3.97 Å². The van der Waals surface area contributed by atoms with Gasteiger partial charge in [-0.1, -0.05) is 0 Å². The highest BCUT2D eigenvalue weighted by Gasteiger charge is 2.31. The molecule has 124 valence electrons. The molecule has 0 amide bonds. The summed E-state index contributed by atoms with van der Waals surface area (Å²) >= 11 is 4.49. The van der Waals surface area contributed by atoms with Crippen LogP contribution in [-0.4, -0.2) is 53.3 Å². The van der Waals surface area contributed by atoms with Crippen LogP contribution in [0.1, 0.15) is 1.37 Å². The second-order valence-corrected chi connectivity index (χ2v) is 4.82. The van der Waals surface area contributed by atoms with Gasteiger partial charge in [-0.25, -0.2) is 0 Å². The molecule has 0 saturated carbocycles. The summed E-state index contributed by atoms with van der Waals surface area (Å²) in [5, 5.41) is 0. The molecule has 3 unspecified atom stereocenters. The Morgan fingerprint density at radius 1 is 1.40 bits per heavy atom. The molecule has 20 heavy (non-hydrogen) atoms. The molecule has 13 heteroatoms. The Bertz CT molecular complexity index is 216. The van der Waals surface area contributed by atoms with E-state index in [1.807, 2.05) is 0 Å². The minimum Gasteiger partial charge on any atom is -0.351 e. The highest BCUT2D eigenvalue weighted by atomic mass is 32.2. The van der Waals surface area contributed by atoms with Gasteiger partial charge in [0, 0.05) is 21.8 Å². The van der Waals surface area contributed by atoms with Crippen LogP contribution in [0, 0.1) is 0 Å². The Morgan fingerprint density at radius 2 is 1.90 bits per heavy atom. The maximum Gasteiger partial charge on any atom is 0.572 e. The van der Waals surface area contributed by atoms with Crippen LogP contribution < -0.4 is 0 Å². The summed E-state index contributed by atoms with van der Waals surface area (Å²) in [7, 11) is 2.81. The SMILES string of the molecule is COC(OC)[P+](=O)OC.CO[PH+]=O.CS.[3H]CSOPO[3H]. The van der Waals surface area contributed by atoms with Crippen LogP contribution in [0.2, 0.25) is 0 Å². The van der Waals surface area contributed by atoms with E-state index in [4.69, 9.17) is 7.37 Å². The van der Waals surface area contributed by atoms with E-state index in [1.54, 1.807) is 6.26 Å². The van der Waals surface area contributed by atoms with Crippen LogP contribution in [-0.2, 0) is 31.6 Å². The zero-order chi connectivity index (χ0) is 18.2. The van der Waals surface area contributed by atoms with Crippen molar-refractivity contribution in [1.29, 1.82) is 1.43 Å². The highest BCUT2D eigenvalue weighted by Crippen LogP contribution is 2.28. The zero-order valence-electron chi connectivity index (χ0n) is 13.9. The van der Waals surface area contributed by atoms with E-state index in [0.29, 0.717) is 0 Å². The molecule has 0 aliphatic heterocycles. The van der Waals surface area contributed by atoms with Gasteiger partial charge in [0.15, 0.2) is 9.03 Å². The predicted octanol–water partition coefficient (Wildman–Crippen LogP) is 2.85. The molecular weight excluding hydrogens is 369 g/mol. The van der Waals surface area contributed by atoms with E-state index in [2.05, 4.69) is 40.0 Å². The van der Waals surface area contributed by atoms with Crippen molar-refractivity contribution in [3.63, 3.8) is 0 Å². The molecule has 3 atom stereocenters. The van der Waals surface area contributed by atoms with Crippen LogP contribution in [0.3, 0.4) is 0 Å². The first-order chi connectivity index (χ1) is 10.6. The lowest BCUT2D eigenvalue weighted by Crippen LogP contribution is -2.07. The number of thiol groups is 1. The van der Waals surface area contributed by atoms with Crippen molar-refractivity contribution < 1.29 is 37.9 Å². The first-order valence-electron chi connectivity index (χ1n) is 5.56.